The Balaban J connectivity index is 1.43. The number of rotatable bonds is 5. The topological polar surface area (TPSA) is 68.0 Å². The molecule has 31 heavy (non-hydrogen) atoms. The van der Waals surface area contributed by atoms with Crippen LogP contribution in [0.3, 0.4) is 0 Å². The van der Waals surface area contributed by atoms with E-state index in [1.54, 1.807) is 15.9 Å². The number of hydrogen-bond acceptors (Lipinski definition) is 5. The summed E-state index contributed by atoms with van der Waals surface area (Å²) in [6.45, 7) is 0.678. The number of nitrogens with one attached hydrogen (secondary N) is 1. The van der Waals surface area contributed by atoms with E-state index < -0.39 is 0 Å². The first-order valence-electron chi connectivity index (χ1n) is 9.56. The largest absolute Gasteiger partial charge is 0.319 e. The SMILES string of the molecule is O=C(Cn1c(-c2cccs2)n[nH]c1=S)N=c1sccn1Cc1cccc2ccccc12. The van der Waals surface area contributed by atoms with Gasteiger partial charge >= 0.3 is 0 Å². The molecule has 2 aromatic carbocycles. The lowest BCUT2D eigenvalue weighted by Crippen LogP contribution is -2.19. The summed E-state index contributed by atoms with van der Waals surface area (Å²) in [5.41, 5.74) is 1.18. The van der Waals surface area contributed by atoms with Crippen molar-refractivity contribution in [2.45, 2.75) is 13.1 Å². The second kappa shape index (κ2) is 8.54. The Morgan fingerprint density at radius 1 is 1.06 bits per heavy atom. The van der Waals surface area contributed by atoms with Gasteiger partial charge in [-0.2, -0.15) is 10.1 Å². The van der Waals surface area contributed by atoms with Crippen LogP contribution in [0.15, 0.2) is 76.5 Å². The Kier molecular flexibility index (Phi) is 5.46. The highest BCUT2D eigenvalue weighted by Gasteiger charge is 2.13. The number of H-pyrrole nitrogens is 1. The molecule has 5 aromatic rings. The Hall–Kier alpha value is -3.14. The van der Waals surface area contributed by atoms with Crippen LogP contribution >= 0.6 is 34.9 Å². The summed E-state index contributed by atoms with van der Waals surface area (Å²) in [4.78, 5) is 18.8. The van der Waals surface area contributed by atoms with Gasteiger partial charge in [0, 0.05) is 11.6 Å². The van der Waals surface area contributed by atoms with Crippen molar-refractivity contribution in [2.24, 2.45) is 4.99 Å². The number of carbonyl (C=O) groups is 1. The number of hydrogen-bond donors (Lipinski definition) is 1. The molecule has 0 bridgehead atoms. The predicted octanol–water partition coefficient (Wildman–Crippen LogP) is 4.86. The Morgan fingerprint density at radius 2 is 1.94 bits per heavy atom. The standard InChI is InChI=1S/C22H17N5OS3/c28-19(14-27-20(24-25-21(27)29)18-9-4-11-30-18)23-22-26(10-12-31-22)13-16-7-3-6-15-5-1-2-8-17(15)16/h1-12H,13-14H2,(H,25,29). The van der Waals surface area contributed by atoms with Crippen molar-refractivity contribution in [3.8, 4) is 10.7 Å². The second-order valence-electron chi connectivity index (χ2n) is 6.87. The van der Waals surface area contributed by atoms with Crippen LogP contribution in [0.1, 0.15) is 5.56 Å². The van der Waals surface area contributed by atoms with Crippen molar-refractivity contribution in [2.75, 3.05) is 0 Å². The molecular formula is C22H17N5OS3. The van der Waals surface area contributed by atoms with Gasteiger partial charge in [-0.15, -0.1) is 22.7 Å². The van der Waals surface area contributed by atoms with E-state index in [0.29, 0.717) is 21.9 Å². The van der Waals surface area contributed by atoms with Crippen molar-refractivity contribution in [3.63, 3.8) is 0 Å². The smallest absolute Gasteiger partial charge is 0.268 e. The molecule has 0 radical (unpaired) electrons. The van der Waals surface area contributed by atoms with Crippen molar-refractivity contribution in [1.82, 2.24) is 19.3 Å². The third-order valence-corrected chi connectivity index (χ3v) is 6.87. The van der Waals surface area contributed by atoms with E-state index in [9.17, 15) is 4.79 Å². The maximum atomic E-state index is 12.8. The van der Waals surface area contributed by atoms with E-state index in [2.05, 4.69) is 45.5 Å². The minimum absolute atomic E-state index is 0.0364. The Labute approximate surface area is 190 Å². The molecule has 0 saturated carbocycles. The number of aromatic nitrogens is 4. The zero-order valence-electron chi connectivity index (χ0n) is 16.3. The van der Waals surface area contributed by atoms with Crippen LogP contribution in [-0.4, -0.2) is 25.2 Å². The van der Waals surface area contributed by atoms with Gasteiger partial charge in [-0.1, -0.05) is 48.5 Å². The van der Waals surface area contributed by atoms with Crippen LogP contribution < -0.4 is 4.80 Å². The normalized spacial score (nSPS) is 11.9. The van der Waals surface area contributed by atoms with Crippen molar-refractivity contribution in [1.29, 1.82) is 0 Å². The van der Waals surface area contributed by atoms with E-state index in [4.69, 9.17) is 12.2 Å². The van der Waals surface area contributed by atoms with Gasteiger partial charge in [-0.25, -0.2) is 0 Å². The summed E-state index contributed by atoms with van der Waals surface area (Å²) in [5.74, 6) is 0.378. The van der Waals surface area contributed by atoms with Crippen molar-refractivity contribution in [3.05, 3.63) is 86.7 Å². The Bertz CT molecular complexity index is 1480. The number of benzene rings is 2. The molecule has 0 aliphatic rings. The fourth-order valence-corrected chi connectivity index (χ4v) is 5.12. The van der Waals surface area contributed by atoms with Gasteiger partial charge in [-0.05, 0) is 40.0 Å². The van der Waals surface area contributed by atoms with Gasteiger partial charge in [-0.3, -0.25) is 14.5 Å². The summed E-state index contributed by atoms with van der Waals surface area (Å²) in [6, 6.07) is 18.5. The fourth-order valence-electron chi connectivity index (χ4n) is 3.46. The minimum Gasteiger partial charge on any atom is -0.319 e. The molecule has 6 nitrogen and oxygen atoms in total. The number of amides is 1. The quantitative estimate of drug-likeness (QED) is 0.379. The van der Waals surface area contributed by atoms with Gasteiger partial charge in [0.15, 0.2) is 15.4 Å². The first-order valence-corrected chi connectivity index (χ1v) is 11.7. The number of carbonyl (C=O) groups excluding carboxylic acids is 1. The number of thiazole rings is 1. The van der Waals surface area contributed by atoms with E-state index >= 15 is 0 Å². The van der Waals surface area contributed by atoms with E-state index in [1.165, 1.54) is 27.7 Å². The fraction of sp³-hybridized carbons (Fsp3) is 0.0909. The lowest BCUT2D eigenvalue weighted by Gasteiger charge is -2.08. The first kappa shape index (κ1) is 19.8. The van der Waals surface area contributed by atoms with Crippen LogP contribution in [-0.2, 0) is 17.9 Å². The van der Waals surface area contributed by atoms with E-state index in [0.717, 1.165) is 4.88 Å². The molecular weight excluding hydrogens is 446 g/mol. The second-order valence-corrected chi connectivity index (χ2v) is 9.08. The summed E-state index contributed by atoms with van der Waals surface area (Å²) in [6.07, 6.45) is 1.96. The zero-order valence-corrected chi connectivity index (χ0v) is 18.7. The maximum Gasteiger partial charge on any atom is 0.268 e. The van der Waals surface area contributed by atoms with Crippen molar-refractivity contribution >= 4 is 51.6 Å². The first-order chi connectivity index (χ1) is 15.2. The zero-order chi connectivity index (χ0) is 21.2. The molecule has 0 saturated heterocycles. The maximum absolute atomic E-state index is 12.8. The number of aromatic amines is 1. The third-order valence-electron chi connectivity index (χ3n) is 4.89. The van der Waals surface area contributed by atoms with Crippen LogP contribution in [0.5, 0.6) is 0 Å². The molecule has 0 atom stereocenters. The summed E-state index contributed by atoms with van der Waals surface area (Å²) < 4.78 is 4.09. The lowest BCUT2D eigenvalue weighted by molar-refractivity contribution is -0.118. The van der Waals surface area contributed by atoms with Gasteiger partial charge in [0.05, 0.1) is 11.4 Å². The van der Waals surface area contributed by atoms with Gasteiger partial charge < -0.3 is 4.57 Å². The molecule has 3 heterocycles. The highest BCUT2D eigenvalue weighted by Crippen LogP contribution is 2.23. The average Bonchev–Trinajstić information content (AvgIpc) is 3.52. The van der Waals surface area contributed by atoms with Crippen LogP contribution in [0.4, 0.5) is 0 Å². The molecule has 3 aromatic heterocycles. The number of thiophene rings is 1. The monoisotopic (exact) mass is 463 g/mol. The molecule has 1 amide bonds. The highest BCUT2D eigenvalue weighted by atomic mass is 32.1. The van der Waals surface area contributed by atoms with Crippen LogP contribution in [0.25, 0.3) is 21.5 Å². The molecule has 0 aliphatic heterocycles. The van der Waals surface area contributed by atoms with Crippen molar-refractivity contribution < 1.29 is 4.79 Å². The predicted molar refractivity (Wildman–Crippen MR) is 127 cm³/mol. The van der Waals surface area contributed by atoms with Gasteiger partial charge in [0.2, 0.25) is 0 Å². The summed E-state index contributed by atoms with van der Waals surface area (Å²) >= 11 is 8.31. The van der Waals surface area contributed by atoms with Gasteiger partial charge in [0.1, 0.15) is 6.54 Å². The van der Waals surface area contributed by atoms with Gasteiger partial charge in [0.25, 0.3) is 5.91 Å². The number of fused-ring (bicyclic) bond motifs is 1. The Morgan fingerprint density at radius 3 is 2.81 bits per heavy atom. The molecule has 0 fully saturated rings. The molecule has 0 aliphatic carbocycles. The molecule has 0 unspecified atom stereocenters. The van der Waals surface area contributed by atoms with E-state index in [1.807, 2.05) is 45.8 Å². The third kappa shape index (κ3) is 4.07. The summed E-state index contributed by atoms with van der Waals surface area (Å²) in [7, 11) is 0. The lowest BCUT2D eigenvalue weighted by atomic mass is 10.0. The minimum atomic E-state index is -0.274. The molecule has 5 rings (SSSR count). The number of nitrogens with zero attached hydrogens (tertiary/aromatic N) is 4. The average molecular weight is 464 g/mol. The van der Waals surface area contributed by atoms with E-state index in [-0.39, 0.29) is 12.5 Å². The molecule has 0 spiro atoms. The molecule has 9 heteroatoms. The molecule has 1 N–H and O–H groups in total. The summed E-state index contributed by atoms with van der Waals surface area (Å²) in [5, 5.41) is 13.3. The molecule has 154 valence electrons. The highest BCUT2D eigenvalue weighted by molar-refractivity contribution is 7.71. The van der Waals surface area contributed by atoms with Crippen LogP contribution in [0, 0.1) is 4.77 Å². The van der Waals surface area contributed by atoms with Crippen LogP contribution in [0.2, 0.25) is 0 Å².